The van der Waals surface area contributed by atoms with Crippen molar-refractivity contribution in [3.05, 3.63) is 62.9 Å². The molecule has 0 saturated carbocycles. The maximum absolute atomic E-state index is 12.9. The molecule has 30 heavy (non-hydrogen) atoms. The van der Waals surface area contributed by atoms with Gasteiger partial charge in [0.25, 0.3) is 0 Å². The number of aryl methyl sites for hydroxylation is 1. The highest BCUT2D eigenvalue weighted by molar-refractivity contribution is 7.12. The summed E-state index contributed by atoms with van der Waals surface area (Å²) in [6.45, 7) is 1.98. The van der Waals surface area contributed by atoms with Crippen LogP contribution in [0.2, 0.25) is 5.15 Å². The van der Waals surface area contributed by atoms with Crippen molar-refractivity contribution in [1.29, 1.82) is 0 Å². The number of aromatic nitrogens is 1. The lowest BCUT2D eigenvalue weighted by Gasteiger charge is -2.23. The molecule has 1 N–H and O–H groups in total. The van der Waals surface area contributed by atoms with Gasteiger partial charge in [-0.15, -0.1) is 11.3 Å². The van der Waals surface area contributed by atoms with Crippen molar-refractivity contribution in [3.63, 3.8) is 0 Å². The molecule has 0 saturated heterocycles. The van der Waals surface area contributed by atoms with Crippen LogP contribution >= 0.6 is 22.9 Å². The monoisotopic (exact) mass is 441 g/mol. The van der Waals surface area contributed by atoms with Crippen LogP contribution in [0.1, 0.15) is 47.7 Å². The van der Waals surface area contributed by atoms with Crippen LogP contribution in [0.25, 0.3) is 10.9 Å². The summed E-state index contributed by atoms with van der Waals surface area (Å²) in [4.78, 5) is 29.3. The zero-order chi connectivity index (χ0) is 21.3. The van der Waals surface area contributed by atoms with Crippen LogP contribution in [-0.4, -0.2) is 32.7 Å². The average Bonchev–Trinajstić information content (AvgIpc) is 3.38. The van der Waals surface area contributed by atoms with Gasteiger partial charge < -0.3 is 5.11 Å². The molecule has 4 rings (SSSR count). The van der Waals surface area contributed by atoms with E-state index in [1.165, 1.54) is 5.01 Å². The van der Waals surface area contributed by atoms with Crippen LogP contribution in [0, 0.1) is 6.92 Å². The fourth-order valence-corrected chi connectivity index (χ4v) is 4.64. The van der Waals surface area contributed by atoms with Crippen LogP contribution in [-0.2, 0) is 9.59 Å². The van der Waals surface area contributed by atoms with Crippen molar-refractivity contribution >= 4 is 51.4 Å². The quantitative estimate of drug-likeness (QED) is 0.533. The van der Waals surface area contributed by atoms with E-state index >= 15 is 0 Å². The van der Waals surface area contributed by atoms with E-state index in [1.54, 1.807) is 11.3 Å². The topological polar surface area (TPSA) is 82.9 Å². The van der Waals surface area contributed by atoms with Crippen LogP contribution in [0.5, 0.6) is 0 Å². The first-order valence-electron chi connectivity index (χ1n) is 9.65. The number of carbonyl (C=O) groups is 2. The van der Waals surface area contributed by atoms with Crippen molar-refractivity contribution in [1.82, 2.24) is 9.99 Å². The molecule has 2 aromatic heterocycles. The standard InChI is InChI=1S/C22H20ClN3O3S/c1-13-5-2-6-14-11-15(22(23)24-21(13)14)17-12-16(18-7-4-10-30-18)25-26(17)19(27)8-3-9-20(28)29/h2,4-7,10-11,17H,3,8-9,12H2,1H3,(H,28,29). The number of amides is 1. The second-order valence-corrected chi connectivity index (χ2v) is 8.55. The van der Waals surface area contributed by atoms with Gasteiger partial charge in [0.2, 0.25) is 5.91 Å². The Bertz CT molecular complexity index is 1140. The number of carboxylic acids is 1. The molecule has 0 bridgehead atoms. The lowest BCUT2D eigenvalue weighted by Crippen LogP contribution is -2.27. The Kier molecular flexibility index (Phi) is 5.83. The molecule has 1 unspecified atom stereocenters. The third-order valence-electron chi connectivity index (χ3n) is 5.14. The van der Waals surface area contributed by atoms with Gasteiger partial charge in [-0.3, -0.25) is 9.59 Å². The Morgan fingerprint density at radius 3 is 2.83 bits per heavy atom. The van der Waals surface area contributed by atoms with Crippen molar-refractivity contribution in [3.8, 4) is 0 Å². The minimum Gasteiger partial charge on any atom is -0.481 e. The summed E-state index contributed by atoms with van der Waals surface area (Å²) in [6.07, 6.45) is 0.860. The van der Waals surface area contributed by atoms with Gasteiger partial charge in [0, 0.05) is 30.2 Å². The fraction of sp³-hybridized carbons (Fsp3) is 0.273. The van der Waals surface area contributed by atoms with Gasteiger partial charge in [0.15, 0.2) is 0 Å². The highest BCUT2D eigenvalue weighted by Crippen LogP contribution is 2.38. The number of pyridine rings is 1. The van der Waals surface area contributed by atoms with Gasteiger partial charge in [0.1, 0.15) is 5.15 Å². The van der Waals surface area contributed by atoms with Crippen LogP contribution in [0.15, 0.2) is 46.9 Å². The molecule has 1 atom stereocenters. The summed E-state index contributed by atoms with van der Waals surface area (Å²) >= 11 is 8.14. The number of rotatable bonds is 6. The van der Waals surface area contributed by atoms with Crippen molar-refractivity contribution in [2.45, 2.75) is 38.6 Å². The number of nitrogens with zero attached hydrogens (tertiary/aromatic N) is 3. The SMILES string of the molecule is Cc1cccc2cc(C3CC(c4cccs4)=NN3C(=O)CCCC(=O)O)c(Cl)nc12. The molecule has 3 aromatic rings. The predicted octanol–water partition coefficient (Wildman–Crippen LogP) is 5.19. The second kappa shape index (κ2) is 8.53. The summed E-state index contributed by atoms with van der Waals surface area (Å²) in [5.74, 6) is -1.13. The Morgan fingerprint density at radius 2 is 2.10 bits per heavy atom. The number of fused-ring (bicyclic) bond motifs is 1. The molecule has 1 aliphatic heterocycles. The van der Waals surface area contributed by atoms with Crippen molar-refractivity contribution in [2.24, 2.45) is 5.10 Å². The molecular weight excluding hydrogens is 422 g/mol. The number of aliphatic carboxylic acids is 1. The van der Waals surface area contributed by atoms with E-state index in [9.17, 15) is 9.59 Å². The molecule has 1 amide bonds. The molecule has 0 spiro atoms. The molecule has 8 heteroatoms. The molecule has 3 heterocycles. The number of hydrogen-bond acceptors (Lipinski definition) is 5. The molecule has 1 aromatic carbocycles. The van der Waals surface area contributed by atoms with Crippen molar-refractivity contribution in [2.75, 3.05) is 0 Å². The van der Waals surface area contributed by atoms with Gasteiger partial charge in [-0.2, -0.15) is 5.10 Å². The van der Waals surface area contributed by atoms with E-state index in [2.05, 4.69) is 10.1 Å². The van der Waals surface area contributed by atoms with Gasteiger partial charge in [-0.1, -0.05) is 35.9 Å². The molecular formula is C22H20ClN3O3S. The smallest absolute Gasteiger partial charge is 0.303 e. The van der Waals surface area contributed by atoms with Crippen molar-refractivity contribution < 1.29 is 14.7 Å². The van der Waals surface area contributed by atoms with E-state index in [1.807, 2.05) is 48.7 Å². The number of halogens is 1. The minimum atomic E-state index is -0.916. The van der Waals surface area contributed by atoms with Crippen LogP contribution in [0.3, 0.4) is 0 Å². The number of carboxylic acid groups (broad SMARTS) is 1. The average molecular weight is 442 g/mol. The fourth-order valence-electron chi connectivity index (χ4n) is 3.65. The predicted molar refractivity (Wildman–Crippen MR) is 118 cm³/mol. The first kappa shape index (κ1) is 20.5. The Hall–Kier alpha value is -2.77. The van der Waals surface area contributed by atoms with Gasteiger partial charge in [0.05, 0.1) is 22.1 Å². The Labute approximate surface area is 182 Å². The van der Waals surface area contributed by atoms with Gasteiger partial charge in [-0.25, -0.2) is 9.99 Å². The maximum atomic E-state index is 12.9. The van der Waals surface area contributed by atoms with E-state index in [4.69, 9.17) is 16.7 Å². The second-order valence-electron chi connectivity index (χ2n) is 7.24. The minimum absolute atomic E-state index is 0.0523. The summed E-state index contributed by atoms with van der Waals surface area (Å²) in [5, 5.41) is 18.2. The zero-order valence-electron chi connectivity index (χ0n) is 16.3. The first-order chi connectivity index (χ1) is 14.4. The highest BCUT2D eigenvalue weighted by Gasteiger charge is 2.35. The number of hydrogen-bond donors (Lipinski definition) is 1. The Balaban J connectivity index is 1.69. The van der Waals surface area contributed by atoms with Crippen LogP contribution in [0.4, 0.5) is 0 Å². The maximum Gasteiger partial charge on any atom is 0.303 e. The lowest BCUT2D eigenvalue weighted by atomic mass is 10.00. The highest BCUT2D eigenvalue weighted by atomic mass is 35.5. The molecule has 0 aliphatic carbocycles. The van der Waals surface area contributed by atoms with Gasteiger partial charge in [-0.05, 0) is 36.4 Å². The summed E-state index contributed by atoms with van der Waals surface area (Å²) in [5.41, 5.74) is 3.44. The van der Waals surface area contributed by atoms with E-state index in [0.29, 0.717) is 11.6 Å². The molecule has 0 fully saturated rings. The van der Waals surface area contributed by atoms with E-state index in [0.717, 1.165) is 32.6 Å². The zero-order valence-corrected chi connectivity index (χ0v) is 17.9. The number of thiophene rings is 1. The number of hydrazone groups is 1. The summed E-state index contributed by atoms with van der Waals surface area (Å²) < 4.78 is 0. The van der Waals surface area contributed by atoms with E-state index in [-0.39, 0.29) is 31.2 Å². The summed E-state index contributed by atoms with van der Waals surface area (Å²) in [6, 6.07) is 11.5. The number of para-hydroxylation sites is 1. The summed E-state index contributed by atoms with van der Waals surface area (Å²) in [7, 11) is 0. The largest absolute Gasteiger partial charge is 0.481 e. The molecule has 1 aliphatic rings. The first-order valence-corrected chi connectivity index (χ1v) is 10.9. The van der Waals surface area contributed by atoms with Gasteiger partial charge >= 0.3 is 5.97 Å². The molecule has 6 nitrogen and oxygen atoms in total. The Morgan fingerprint density at radius 1 is 1.27 bits per heavy atom. The third-order valence-corrected chi connectivity index (χ3v) is 6.36. The molecule has 154 valence electrons. The van der Waals surface area contributed by atoms with Crippen LogP contribution < -0.4 is 0 Å². The number of benzene rings is 1. The lowest BCUT2D eigenvalue weighted by molar-refractivity contribution is -0.137. The number of carbonyl (C=O) groups excluding carboxylic acids is 1. The third kappa shape index (κ3) is 4.08. The molecule has 0 radical (unpaired) electrons. The van der Waals surface area contributed by atoms with E-state index < -0.39 is 5.97 Å². The normalized spacial score (nSPS) is 16.1.